The van der Waals surface area contributed by atoms with Gasteiger partial charge in [0.1, 0.15) is 0 Å². The molecule has 2 heteroatoms. The van der Waals surface area contributed by atoms with Gasteiger partial charge in [0.25, 0.3) is 0 Å². The standard InChI is InChI=1S/C8H12I2/c9-5-7-2-1-3-8(4-7)6-10/h1-2,7-8H,3-6H2. The largest absolute Gasteiger partial charge is 0.0879 e. The molecular formula is C8H12I2. The van der Waals surface area contributed by atoms with Crippen LogP contribution in [0, 0.1) is 11.8 Å². The second-order valence-electron chi connectivity index (χ2n) is 2.83. The summed E-state index contributed by atoms with van der Waals surface area (Å²) in [5, 5.41) is 0. The summed E-state index contributed by atoms with van der Waals surface area (Å²) in [5.41, 5.74) is 0. The van der Waals surface area contributed by atoms with Gasteiger partial charge in [-0.2, -0.15) is 0 Å². The molecule has 0 fully saturated rings. The number of rotatable bonds is 2. The Morgan fingerprint density at radius 1 is 1.30 bits per heavy atom. The van der Waals surface area contributed by atoms with Gasteiger partial charge in [-0.25, -0.2) is 0 Å². The van der Waals surface area contributed by atoms with Gasteiger partial charge in [0, 0.05) is 8.86 Å². The van der Waals surface area contributed by atoms with Crippen LogP contribution in [0.4, 0.5) is 0 Å². The van der Waals surface area contributed by atoms with E-state index >= 15 is 0 Å². The predicted molar refractivity (Wildman–Crippen MR) is 63.1 cm³/mol. The van der Waals surface area contributed by atoms with Gasteiger partial charge in [-0.1, -0.05) is 57.3 Å². The molecule has 1 rings (SSSR count). The van der Waals surface area contributed by atoms with Gasteiger partial charge in [-0.3, -0.25) is 0 Å². The van der Waals surface area contributed by atoms with E-state index in [4.69, 9.17) is 0 Å². The van der Waals surface area contributed by atoms with Crippen LogP contribution in [0.5, 0.6) is 0 Å². The SMILES string of the molecule is ICC1C=CCC(CI)C1. The van der Waals surface area contributed by atoms with Crippen LogP contribution in [0.15, 0.2) is 12.2 Å². The van der Waals surface area contributed by atoms with Crippen molar-refractivity contribution in [3.63, 3.8) is 0 Å². The molecule has 1 aliphatic rings. The molecule has 0 bridgehead atoms. The highest BCUT2D eigenvalue weighted by molar-refractivity contribution is 14.1. The Labute approximate surface area is 90.1 Å². The van der Waals surface area contributed by atoms with Crippen LogP contribution in [0.1, 0.15) is 12.8 Å². The minimum absolute atomic E-state index is 0.870. The van der Waals surface area contributed by atoms with Crippen molar-refractivity contribution in [1.82, 2.24) is 0 Å². The van der Waals surface area contributed by atoms with Crippen LogP contribution < -0.4 is 0 Å². The molecule has 0 radical (unpaired) electrons. The first-order valence-corrected chi connectivity index (χ1v) is 6.70. The van der Waals surface area contributed by atoms with E-state index in [1.807, 2.05) is 0 Å². The summed E-state index contributed by atoms with van der Waals surface area (Å²) in [4.78, 5) is 0. The van der Waals surface area contributed by atoms with Gasteiger partial charge in [0.05, 0.1) is 0 Å². The third-order valence-corrected chi connectivity index (χ3v) is 4.31. The van der Waals surface area contributed by atoms with Crippen molar-refractivity contribution in [3.8, 4) is 0 Å². The van der Waals surface area contributed by atoms with E-state index in [1.165, 1.54) is 21.7 Å². The third-order valence-electron chi connectivity index (χ3n) is 1.93. The Bertz CT molecular complexity index is 120. The van der Waals surface area contributed by atoms with E-state index in [1.54, 1.807) is 0 Å². The van der Waals surface area contributed by atoms with Gasteiger partial charge in [0.2, 0.25) is 0 Å². The molecule has 0 N–H and O–H groups in total. The molecule has 2 atom stereocenters. The Hall–Kier alpha value is 1.20. The zero-order chi connectivity index (χ0) is 7.40. The van der Waals surface area contributed by atoms with Crippen LogP contribution in [0.25, 0.3) is 0 Å². The van der Waals surface area contributed by atoms with Crippen molar-refractivity contribution < 1.29 is 0 Å². The van der Waals surface area contributed by atoms with Gasteiger partial charge in [-0.15, -0.1) is 0 Å². The van der Waals surface area contributed by atoms with E-state index in [0.29, 0.717) is 0 Å². The van der Waals surface area contributed by atoms with Crippen LogP contribution in [0.2, 0.25) is 0 Å². The minimum Gasteiger partial charge on any atom is -0.0879 e. The van der Waals surface area contributed by atoms with Crippen molar-refractivity contribution in [3.05, 3.63) is 12.2 Å². The minimum atomic E-state index is 0.870. The van der Waals surface area contributed by atoms with Crippen molar-refractivity contribution in [2.45, 2.75) is 12.8 Å². The van der Waals surface area contributed by atoms with Gasteiger partial charge < -0.3 is 0 Å². The number of halogens is 2. The summed E-state index contributed by atoms with van der Waals surface area (Å²) in [6.45, 7) is 0. The van der Waals surface area contributed by atoms with Gasteiger partial charge in [0.15, 0.2) is 0 Å². The molecule has 0 amide bonds. The number of hydrogen-bond acceptors (Lipinski definition) is 0. The lowest BCUT2D eigenvalue weighted by Gasteiger charge is -2.21. The lowest BCUT2D eigenvalue weighted by atomic mass is 9.89. The molecule has 0 aromatic rings. The normalized spacial score (nSPS) is 32.6. The van der Waals surface area contributed by atoms with E-state index in [2.05, 4.69) is 57.3 Å². The quantitative estimate of drug-likeness (QED) is 0.401. The molecule has 58 valence electrons. The Morgan fingerprint density at radius 3 is 2.70 bits per heavy atom. The van der Waals surface area contributed by atoms with E-state index in [-0.39, 0.29) is 0 Å². The topological polar surface area (TPSA) is 0 Å². The molecule has 0 aromatic carbocycles. The fraction of sp³-hybridized carbons (Fsp3) is 0.750. The summed E-state index contributed by atoms with van der Waals surface area (Å²) in [6.07, 6.45) is 7.48. The van der Waals surface area contributed by atoms with Gasteiger partial charge in [-0.05, 0) is 24.7 Å². The molecule has 0 aromatic heterocycles. The molecule has 0 aliphatic heterocycles. The molecule has 0 nitrogen and oxygen atoms in total. The predicted octanol–water partition coefficient (Wildman–Crippen LogP) is 3.44. The highest BCUT2D eigenvalue weighted by atomic mass is 127. The summed E-state index contributed by atoms with van der Waals surface area (Å²) in [5.74, 6) is 1.83. The molecular weight excluding hydrogens is 350 g/mol. The van der Waals surface area contributed by atoms with E-state index < -0.39 is 0 Å². The highest BCUT2D eigenvalue weighted by Crippen LogP contribution is 2.25. The average Bonchev–Trinajstić information content (AvgIpc) is 2.05. The maximum absolute atomic E-state index is 2.50. The fourth-order valence-electron chi connectivity index (χ4n) is 1.31. The summed E-state index contributed by atoms with van der Waals surface area (Å²) in [6, 6.07) is 0. The van der Waals surface area contributed by atoms with Crippen LogP contribution >= 0.6 is 45.2 Å². The second kappa shape index (κ2) is 4.95. The van der Waals surface area contributed by atoms with Gasteiger partial charge >= 0.3 is 0 Å². The molecule has 10 heavy (non-hydrogen) atoms. The van der Waals surface area contributed by atoms with Crippen LogP contribution in [-0.4, -0.2) is 8.86 Å². The third kappa shape index (κ3) is 2.68. The smallest absolute Gasteiger partial charge is 0.00584 e. The zero-order valence-corrected chi connectivity index (χ0v) is 10.2. The van der Waals surface area contributed by atoms with Crippen LogP contribution in [-0.2, 0) is 0 Å². The zero-order valence-electron chi connectivity index (χ0n) is 5.89. The summed E-state index contributed by atoms with van der Waals surface area (Å²) in [7, 11) is 0. The maximum Gasteiger partial charge on any atom is 0.00584 e. The highest BCUT2D eigenvalue weighted by Gasteiger charge is 2.15. The first kappa shape index (κ1) is 9.29. The lowest BCUT2D eigenvalue weighted by molar-refractivity contribution is 0.468. The molecule has 2 unspecified atom stereocenters. The van der Waals surface area contributed by atoms with Crippen molar-refractivity contribution in [2.24, 2.45) is 11.8 Å². The van der Waals surface area contributed by atoms with E-state index in [0.717, 1.165) is 11.8 Å². The van der Waals surface area contributed by atoms with Crippen molar-refractivity contribution in [2.75, 3.05) is 8.86 Å². The number of allylic oxidation sites excluding steroid dienone is 2. The molecule has 0 saturated heterocycles. The van der Waals surface area contributed by atoms with Crippen molar-refractivity contribution >= 4 is 45.2 Å². The summed E-state index contributed by atoms with van der Waals surface area (Å²) < 4.78 is 2.62. The lowest BCUT2D eigenvalue weighted by Crippen LogP contribution is -2.12. The monoisotopic (exact) mass is 362 g/mol. The first-order valence-electron chi connectivity index (χ1n) is 3.65. The van der Waals surface area contributed by atoms with E-state index in [9.17, 15) is 0 Å². The Balaban J connectivity index is 2.38. The molecule has 1 aliphatic carbocycles. The molecule has 0 heterocycles. The summed E-state index contributed by atoms with van der Waals surface area (Å²) >= 11 is 4.98. The second-order valence-corrected chi connectivity index (χ2v) is 4.60. The first-order chi connectivity index (χ1) is 4.86. The molecule has 0 saturated carbocycles. The maximum atomic E-state index is 2.50. The Kier molecular flexibility index (Phi) is 4.60. The fourth-order valence-corrected chi connectivity index (χ4v) is 2.68. The molecule has 0 spiro atoms. The number of hydrogen-bond donors (Lipinski definition) is 0. The Morgan fingerprint density at radius 2 is 2.10 bits per heavy atom. The average molecular weight is 362 g/mol. The van der Waals surface area contributed by atoms with Crippen LogP contribution in [0.3, 0.4) is 0 Å². The number of alkyl halides is 2. The van der Waals surface area contributed by atoms with Crippen molar-refractivity contribution in [1.29, 1.82) is 0 Å².